The Kier molecular flexibility index (Phi) is 4.02. The van der Waals surface area contributed by atoms with E-state index in [1.54, 1.807) is 11.3 Å². The van der Waals surface area contributed by atoms with E-state index in [1.807, 2.05) is 0 Å². The van der Waals surface area contributed by atoms with Crippen molar-refractivity contribution in [1.29, 1.82) is 0 Å². The van der Waals surface area contributed by atoms with Gasteiger partial charge in [-0.1, -0.05) is 18.5 Å². The van der Waals surface area contributed by atoms with E-state index in [-0.39, 0.29) is 0 Å². The molecule has 3 rings (SSSR count). The van der Waals surface area contributed by atoms with E-state index in [9.17, 15) is 0 Å². The van der Waals surface area contributed by atoms with Crippen LogP contribution in [0.4, 0.5) is 5.00 Å². The van der Waals surface area contributed by atoms with Crippen molar-refractivity contribution in [3.05, 3.63) is 16.3 Å². The lowest BCUT2D eigenvalue weighted by molar-refractivity contribution is 0.305. The Bertz CT molecular complexity index is 624. The molecule has 0 spiro atoms. The molecule has 0 unspecified atom stereocenters. The monoisotopic (exact) mass is 305 g/mol. The number of thiophene rings is 1. The van der Waals surface area contributed by atoms with E-state index in [0.717, 1.165) is 27.9 Å². The lowest BCUT2D eigenvalue weighted by atomic mass is 9.80. The highest BCUT2D eigenvalue weighted by atomic mass is 32.1. The quantitative estimate of drug-likeness (QED) is 0.894. The predicted octanol–water partition coefficient (Wildman–Crippen LogP) is 4.68. The molecule has 0 saturated heterocycles. The molecule has 114 valence electrons. The summed E-state index contributed by atoms with van der Waals surface area (Å²) >= 11 is 1.59. The van der Waals surface area contributed by atoms with Crippen LogP contribution < -0.4 is 5.73 Å². The van der Waals surface area contributed by atoms with E-state index in [2.05, 4.69) is 30.9 Å². The maximum absolute atomic E-state index is 6.09. The number of hydrogen-bond acceptors (Lipinski definition) is 5. The molecular formula is C16H23N3OS. The second-order valence-electron chi connectivity index (χ2n) is 6.11. The Balaban J connectivity index is 1.81. The van der Waals surface area contributed by atoms with Crippen LogP contribution in [0.2, 0.25) is 0 Å². The molecule has 1 aliphatic carbocycles. The molecule has 1 fully saturated rings. The second kappa shape index (κ2) is 5.79. The summed E-state index contributed by atoms with van der Waals surface area (Å²) in [6.07, 6.45) is 6.20. The van der Waals surface area contributed by atoms with Crippen molar-refractivity contribution < 1.29 is 4.52 Å². The van der Waals surface area contributed by atoms with Gasteiger partial charge in [-0.3, -0.25) is 0 Å². The van der Waals surface area contributed by atoms with Crippen molar-refractivity contribution in [3.8, 4) is 11.5 Å². The van der Waals surface area contributed by atoms with E-state index < -0.39 is 0 Å². The fourth-order valence-electron chi connectivity index (χ4n) is 3.25. The van der Waals surface area contributed by atoms with Gasteiger partial charge in [-0.05, 0) is 51.0 Å². The van der Waals surface area contributed by atoms with Gasteiger partial charge < -0.3 is 10.3 Å². The highest BCUT2D eigenvalue weighted by Crippen LogP contribution is 2.39. The van der Waals surface area contributed by atoms with Gasteiger partial charge in [0.25, 0.3) is 5.89 Å². The standard InChI is InChI=1S/C16H23N3OS/c1-4-11-5-7-12(8-6-11)15-18-16(20-19-15)13-9(2)10(3)21-14(13)17/h11-12H,4-8,17H2,1-3H3. The summed E-state index contributed by atoms with van der Waals surface area (Å²) in [5.41, 5.74) is 8.17. The number of anilines is 1. The van der Waals surface area contributed by atoms with Gasteiger partial charge in [-0.2, -0.15) is 4.98 Å². The second-order valence-corrected chi connectivity index (χ2v) is 7.36. The van der Waals surface area contributed by atoms with Gasteiger partial charge in [0.2, 0.25) is 0 Å². The fourth-order valence-corrected chi connectivity index (χ4v) is 4.18. The molecule has 0 bridgehead atoms. The van der Waals surface area contributed by atoms with Crippen LogP contribution in [0.15, 0.2) is 4.52 Å². The minimum absolute atomic E-state index is 0.451. The fraction of sp³-hybridized carbons (Fsp3) is 0.625. The SMILES string of the molecule is CCC1CCC(c2noc(-c3c(N)sc(C)c3C)n2)CC1. The molecule has 4 nitrogen and oxygen atoms in total. The summed E-state index contributed by atoms with van der Waals surface area (Å²) in [6.45, 7) is 6.42. The van der Waals surface area contributed by atoms with Crippen molar-refractivity contribution in [2.45, 2.75) is 58.8 Å². The molecule has 2 aromatic heterocycles. The van der Waals surface area contributed by atoms with Crippen LogP contribution in [-0.2, 0) is 0 Å². The molecule has 1 aliphatic rings. The average molecular weight is 305 g/mol. The number of aryl methyl sites for hydroxylation is 1. The molecule has 0 amide bonds. The van der Waals surface area contributed by atoms with Gasteiger partial charge in [0.15, 0.2) is 5.82 Å². The van der Waals surface area contributed by atoms with Crippen molar-refractivity contribution in [2.24, 2.45) is 5.92 Å². The first-order chi connectivity index (χ1) is 10.1. The lowest BCUT2D eigenvalue weighted by Crippen LogP contribution is -2.13. The molecule has 0 aromatic carbocycles. The first-order valence-corrected chi connectivity index (χ1v) is 8.61. The van der Waals surface area contributed by atoms with E-state index in [4.69, 9.17) is 10.3 Å². The smallest absolute Gasteiger partial charge is 0.261 e. The van der Waals surface area contributed by atoms with Gasteiger partial charge in [0, 0.05) is 10.8 Å². The van der Waals surface area contributed by atoms with Crippen LogP contribution in [0.1, 0.15) is 61.2 Å². The summed E-state index contributed by atoms with van der Waals surface area (Å²) in [4.78, 5) is 5.85. The van der Waals surface area contributed by atoms with Crippen LogP contribution in [0.3, 0.4) is 0 Å². The molecule has 5 heteroatoms. The van der Waals surface area contributed by atoms with Crippen LogP contribution in [0, 0.1) is 19.8 Å². The zero-order chi connectivity index (χ0) is 15.0. The number of aromatic nitrogens is 2. The van der Waals surface area contributed by atoms with Gasteiger partial charge in [0.05, 0.1) is 10.6 Å². The molecule has 2 N–H and O–H groups in total. The predicted molar refractivity (Wildman–Crippen MR) is 86.5 cm³/mol. The molecule has 1 saturated carbocycles. The maximum Gasteiger partial charge on any atom is 0.261 e. The Labute approximate surface area is 129 Å². The molecular weight excluding hydrogens is 282 g/mol. The minimum atomic E-state index is 0.451. The molecule has 21 heavy (non-hydrogen) atoms. The first-order valence-electron chi connectivity index (χ1n) is 7.79. The summed E-state index contributed by atoms with van der Waals surface area (Å²) in [5.74, 6) is 2.78. The summed E-state index contributed by atoms with van der Waals surface area (Å²) in [6, 6.07) is 0. The third-order valence-corrected chi connectivity index (χ3v) is 5.89. The van der Waals surface area contributed by atoms with Crippen LogP contribution in [0.25, 0.3) is 11.5 Å². The highest BCUT2D eigenvalue weighted by Gasteiger charge is 2.26. The third kappa shape index (κ3) is 2.71. The number of nitrogens with zero attached hydrogens (tertiary/aromatic N) is 2. The molecule has 2 heterocycles. The third-order valence-electron chi connectivity index (χ3n) is 4.86. The summed E-state index contributed by atoms with van der Waals surface area (Å²) < 4.78 is 5.50. The summed E-state index contributed by atoms with van der Waals surface area (Å²) in [5, 5.41) is 4.99. The molecule has 0 atom stereocenters. The minimum Gasteiger partial charge on any atom is -0.390 e. The van der Waals surface area contributed by atoms with E-state index in [1.165, 1.54) is 37.0 Å². The normalized spacial score (nSPS) is 22.6. The zero-order valence-electron chi connectivity index (χ0n) is 13.0. The average Bonchev–Trinajstić information content (AvgIpc) is 3.05. The van der Waals surface area contributed by atoms with Crippen LogP contribution in [0.5, 0.6) is 0 Å². The van der Waals surface area contributed by atoms with Crippen LogP contribution >= 0.6 is 11.3 Å². The zero-order valence-corrected chi connectivity index (χ0v) is 13.8. The summed E-state index contributed by atoms with van der Waals surface area (Å²) in [7, 11) is 0. The number of nitrogen functional groups attached to an aromatic ring is 1. The molecule has 2 aromatic rings. The number of rotatable bonds is 3. The number of hydrogen-bond donors (Lipinski definition) is 1. The Hall–Kier alpha value is -1.36. The lowest BCUT2D eigenvalue weighted by Gasteiger charge is -2.25. The highest BCUT2D eigenvalue weighted by molar-refractivity contribution is 7.16. The van der Waals surface area contributed by atoms with Gasteiger partial charge >= 0.3 is 0 Å². The Morgan fingerprint density at radius 1 is 1.24 bits per heavy atom. The van der Waals surface area contributed by atoms with E-state index >= 15 is 0 Å². The molecule has 0 radical (unpaired) electrons. The maximum atomic E-state index is 6.09. The first kappa shape index (κ1) is 14.6. The van der Waals surface area contributed by atoms with E-state index in [0.29, 0.717) is 11.8 Å². The Morgan fingerprint density at radius 2 is 1.95 bits per heavy atom. The topological polar surface area (TPSA) is 64.9 Å². The largest absolute Gasteiger partial charge is 0.390 e. The van der Waals surface area contributed by atoms with Gasteiger partial charge in [0.1, 0.15) is 0 Å². The molecule has 0 aliphatic heterocycles. The van der Waals surface area contributed by atoms with Gasteiger partial charge in [-0.25, -0.2) is 0 Å². The van der Waals surface area contributed by atoms with Crippen molar-refractivity contribution in [1.82, 2.24) is 10.1 Å². The Morgan fingerprint density at radius 3 is 2.52 bits per heavy atom. The van der Waals surface area contributed by atoms with Crippen LogP contribution in [-0.4, -0.2) is 10.1 Å². The number of nitrogens with two attached hydrogens (primary N) is 1. The van der Waals surface area contributed by atoms with Gasteiger partial charge in [-0.15, -0.1) is 11.3 Å². The van der Waals surface area contributed by atoms with Crippen molar-refractivity contribution >= 4 is 16.3 Å². The van der Waals surface area contributed by atoms with Crippen molar-refractivity contribution in [2.75, 3.05) is 5.73 Å². The van der Waals surface area contributed by atoms with Crippen molar-refractivity contribution in [3.63, 3.8) is 0 Å².